The molecule has 1 aliphatic rings. The summed E-state index contributed by atoms with van der Waals surface area (Å²) < 4.78 is 5.63. The number of non-ortho nitro benzene ring substituents is 1. The molecular formula is C23H24N2O5. The Hall–Kier alpha value is -3.32. The van der Waals surface area contributed by atoms with Gasteiger partial charge in [-0.3, -0.25) is 19.8 Å². The van der Waals surface area contributed by atoms with Gasteiger partial charge in [-0.1, -0.05) is 42.5 Å². The van der Waals surface area contributed by atoms with Crippen LogP contribution < -0.4 is 0 Å². The smallest absolute Gasteiger partial charge is 0.342 e. The van der Waals surface area contributed by atoms with Crippen LogP contribution in [0.15, 0.2) is 60.2 Å². The molecule has 30 heavy (non-hydrogen) atoms. The first kappa shape index (κ1) is 21.4. The second-order valence-electron chi connectivity index (χ2n) is 7.36. The first-order valence-corrected chi connectivity index (χ1v) is 9.86. The lowest BCUT2D eigenvalue weighted by Crippen LogP contribution is -2.40. The zero-order chi connectivity index (χ0) is 21.5. The maximum absolute atomic E-state index is 12.7. The zero-order valence-corrected chi connectivity index (χ0v) is 16.8. The van der Waals surface area contributed by atoms with Crippen molar-refractivity contribution in [2.75, 3.05) is 13.1 Å². The Kier molecular flexibility index (Phi) is 7.08. The van der Waals surface area contributed by atoms with E-state index in [1.54, 1.807) is 6.07 Å². The lowest BCUT2D eigenvalue weighted by molar-refractivity contribution is -0.384. The third-order valence-corrected chi connectivity index (χ3v) is 4.98. The minimum atomic E-state index is -0.694. The number of ether oxygens (including phenoxy) is 1. The van der Waals surface area contributed by atoms with Gasteiger partial charge in [0.1, 0.15) is 11.7 Å². The number of piperidine rings is 1. The van der Waals surface area contributed by atoms with E-state index < -0.39 is 16.7 Å². The molecule has 0 spiro atoms. The Balaban J connectivity index is 1.68. The van der Waals surface area contributed by atoms with E-state index in [0.717, 1.165) is 25.9 Å². The number of benzene rings is 2. The molecule has 2 aromatic rings. The van der Waals surface area contributed by atoms with Crippen molar-refractivity contribution in [3.8, 4) is 0 Å². The van der Waals surface area contributed by atoms with Gasteiger partial charge in [-0.2, -0.15) is 0 Å². The number of carbonyl (C=O) groups is 2. The van der Waals surface area contributed by atoms with Gasteiger partial charge in [-0.25, -0.2) is 4.79 Å². The Bertz CT molecular complexity index is 955. The van der Waals surface area contributed by atoms with E-state index in [4.69, 9.17) is 4.74 Å². The Morgan fingerprint density at radius 3 is 2.67 bits per heavy atom. The van der Waals surface area contributed by atoms with Crippen LogP contribution in [0.4, 0.5) is 5.69 Å². The molecule has 0 amide bonds. The molecule has 1 aliphatic heterocycles. The van der Waals surface area contributed by atoms with Crippen LogP contribution in [0.5, 0.6) is 0 Å². The molecule has 1 heterocycles. The van der Waals surface area contributed by atoms with Gasteiger partial charge in [0.05, 0.1) is 4.92 Å². The quantitative estimate of drug-likeness (QED) is 0.173. The van der Waals surface area contributed by atoms with Crippen molar-refractivity contribution in [3.05, 3.63) is 81.4 Å². The minimum Gasteiger partial charge on any atom is -0.457 e. The van der Waals surface area contributed by atoms with Crippen molar-refractivity contribution in [1.82, 2.24) is 4.90 Å². The van der Waals surface area contributed by atoms with Crippen molar-refractivity contribution < 1.29 is 19.2 Å². The SMILES string of the molecule is CC(=O)/C(=C/c1cccc([N+](=O)[O-])c1)C(=O)OC1CCCN(Cc2ccccc2)C1. The highest BCUT2D eigenvalue weighted by Crippen LogP contribution is 2.20. The monoisotopic (exact) mass is 408 g/mol. The average molecular weight is 408 g/mol. The highest BCUT2D eigenvalue weighted by molar-refractivity contribution is 6.19. The maximum Gasteiger partial charge on any atom is 0.342 e. The summed E-state index contributed by atoms with van der Waals surface area (Å²) in [4.78, 5) is 37.4. The fraction of sp³-hybridized carbons (Fsp3) is 0.304. The fourth-order valence-corrected chi connectivity index (χ4v) is 3.51. The summed E-state index contributed by atoms with van der Waals surface area (Å²) in [6.07, 6.45) is 2.68. The van der Waals surface area contributed by atoms with E-state index in [0.29, 0.717) is 12.1 Å². The van der Waals surface area contributed by atoms with Crippen LogP contribution in [0.1, 0.15) is 30.9 Å². The number of nitro benzene ring substituents is 1. The molecule has 0 radical (unpaired) electrons. The van der Waals surface area contributed by atoms with Gasteiger partial charge in [-0.05, 0) is 43.5 Å². The first-order chi connectivity index (χ1) is 14.4. The Morgan fingerprint density at radius 2 is 1.97 bits per heavy atom. The van der Waals surface area contributed by atoms with Gasteiger partial charge in [-0.15, -0.1) is 0 Å². The number of hydrogen-bond donors (Lipinski definition) is 0. The van der Waals surface area contributed by atoms with Crippen LogP contribution in [0.3, 0.4) is 0 Å². The minimum absolute atomic E-state index is 0.108. The summed E-state index contributed by atoms with van der Waals surface area (Å²) in [5.41, 5.74) is 1.37. The molecule has 1 unspecified atom stereocenters. The van der Waals surface area contributed by atoms with Crippen molar-refractivity contribution in [3.63, 3.8) is 0 Å². The number of rotatable bonds is 7. The van der Waals surface area contributed by atoms with Gasteiger partial charge in [0, 0.05) is 25.2 Å². The molecule has 1 saturated heterocycles. The molecular weight excluding hydrogens is 384 g/mol. The van der Waals surface area contributed by atoms with E-state index in [9.17, 15) is 19.7 Å². The van der Waals surface area contributed by atoms with Crippen molar-refractivity contribution in [1.29, 1.82) is 0 Å². The van der Waals surface area contributed by atoms with Crippen molar-refractivity contribution in [2.24, 2.45) is 0 Å². The van der Waals surface area contributed by atoms with Crippen LogP contribution in [0, 0.1) is 10.1 Å². The molecule has 2 aromatic carbocycles. The summed E-state index contributed by atoms with van der Waals surface area (Å²) in [7, 11) is 0. The second kappa shape index (κ2) is 9.93. The molecule has 0 aromatic heterocycles. The number of esters is 1. The molecule has 0 N–H and O–H groups in total. The van der Waals surface area contributed by atoms with Gasteiger partial charge in [0.25, 0.3) is 5.69 Å². The van der Waals surface area contributed by atoms with Crippen molar-refractivity contribution >= 4 is 23.5 Å². The summed E-state index contributed by atoms with van der Waals surface area (Å²) in [5, 5.41) is 11.0. The largest absolute Gasteiger partial charge is 0.457 e. The van der Waals surface area contributed by atoms with Crippen LogP contribution in [-0.2, 0) is 20.9 Å². The van der Waals surface area contributed by atoms with Crippen LogP contribution in [0.2, 0.25) is 0 Å². The summed E-state index contributed by atoms with van der Waals surface area (Å²) >= 11 is 0. The van der Waals surface area contributed by atoms with E-state index in [-0.39, 0.29) is 17.4 Å². The Morgan fingerprint density at radius 1 is 1.20 bits per heavy atom. The van der Waals surface area contributed by atoms with E-state index >= 15 is 0 Å². The molecule has 3 rings (SSSR count). The van der Waals surface area contributed by atoms with E-state index in [2.05, 4.69) is 17.0 Å². The topological polar surface area (TPSA) is 89.8 Å². The summed E-state index contributed by atoms with van der Waals surface area (Å²) in [5.74, 6) is -1.14. The average Bonchev–Trinajstić information content (AvgIpc) is 2.73. The number of nitrogens with zero attached hydrogens (tertiary/aromatic N) is 2. The van der Waals surface area contributed by atoms with Gasteiger partial charge >= 0.3 is 5.97 Å². The number of nitro groups is 1. The summed E-state index contributed by atoms with van der Waals surface area (Å²) in [6, 6.07) is 15.9. The normalized spacial score (nSPS) is 17.4. The molecule has 0 bridgehead atoms. The van der Waals surface area contributed by atoms with Gasteiger partial charge in [0.2, 0.25) is 0 Å². The van der Waals surface area contributed by atoms with E-state index in [1.165, 1.54) is 36.8 Å². The van der Waals surface area contributed by atoms with Crippen molar-refractivity contribution in [2.45, 2.75) is 32.4 Å². The van der Waals surface area contributed by atoms with Crippen LogP contribution in [-0.4, -0.2) is 40.8 Å². The summed E-state index contributed by atoms with van der Waals surface area (Å²) in [6.45, 7) is 3.58. The maximum atomic E-state index is 12.7. The number of Topliss-reactive ketones (excluding diaryl/α,β-unsaturated/α-hetero) is 1. The van der Waals surface area contributed by atoms with E-state index in [1.807, 2.05) is 18.2 Å². The lowest BCUT2D eigenvalue weighted by Gasteiger charge is -2.32. The second-order valence-corrected chi connectivity index (χ2v) is 7.36. The molecule has 0 saturated carbocycles. The van der Waals surface area contributed by atoms with Gasteiger partial charge in [0.15, 0.2) is 5.78 Å². The fourth-order valence-electron chi connectivity index (χ4n) is 3.51. The van der Waals surface area contributed by atoms with Crippen LogP contribution in [0.25, 0.3) is 6.08 Å². The lowest BCUT2D eigenvalue weighted by atomic mass is 10.1. The molecule has 7 nitrogen and oxygen atoms in total. The number of likely N-dealkylation sites (tertiary alicyclic amines) is 1. The third-order valence-electron chi connectivity index (χ3n) is 4.98. The highest BCUT2D eigenvalue weighted by Gasteiger charge is 2.26. The molecule has 0 aliphatic carbocycles. The zero-order valence-electron chi connectivity index (χ0n) is 16.8. The molecule has 1 fully saturated rings. The standard InChI is InChI=1S/C23H24N2O5/c1-17(26)22(14-19-9-5-10-20(13-19)25(28)29)23(27)30-21-11-6-12-24(16-21)15-18-7-3-2-4-8-18/h2-5,7-10,13-14,21H,6,11-12,15-16H2,1H3/b22-14-. The molecule has 156 valence electrons. The number of carbonyl (C=O) groups excluding carboxylic acids is 2. The van der Waals surface area contributed by atoms with Crippen LogP contribution >= 0.6 is 0 Å². The Labute approximate surface area is 175 Å². The molecule has 7 heteroatoms. The predicted octanol–water partition coefficient (Wildman–Crippen LogP) is 3.78. The van der Waals surface area contributed by atoms with Gasteiger partial charge < -0.3 is 4.74 Å². The predicted molar refractivity (Wildman–Crippen MR) is 113 cm³/mol. The third kappa shape index (κ3) is 5.84. The number of ketones is 1. The molecule has 1 atom stereocenters. The highest BCUT2D eigenvalue weighted by atomic mass is 16.6. The number of hydrogen-bond acceptors (Lipinski definition) is 6. The first-order valence-electron chi connectivity index (χ1n) is 9.86.